The van der Waals surface area contributed by atoms with Gasteiger partial charge in [0.15, 0.2) is 12.0 Å². The number of rotatable bonds is 1. The smallest absolute Gasteiger partial charge is 0.185 e. The number of hydrogen-bond acceptors (Lipinski definition) is 5. The SMILES string of the molecule is Cc1ccco1.O=C1CCCCC1.O=Cc1ccco1.OC1CCCCC1. The number of carbonyl (C=O) groups is 2. The molecule has 5 nitrogen and oxygen atoms in total. The summed E-state index contributed by atoms with van der Waals surface area (Å²) in [5, 5.41) is 8.91. The topological polar surface area (TPSA) is 80.7 Å². The molecule has 0 atom stereocenters. The van der Waals surface area contributed by atoms with Gasteiger partial charge in [0.2, 0.25) is 0 Å². The van der Waals surface area contributed by atoms with E-state index in [2.05, 4.69) is 4.42 Å². The third kappa shape index (κ3) is 12.8. The maximum Gasteiger partial charge on any atom is 0.185 e. The molecule has 0 spiro atoms. The number of hydrogen-bond donors (Lipinski definition) is 1. The molecular weight excluding hydrogens is 344 g/mol. The van der Waals surface area contributed by atoms with Crippen molar-refractivity contribution in [2.75, 3.05) is 0 Å². The van der Waals surface area contributed by atoms with E-state index in [0.717, 1.165) is 44.3 Å². The van der Waals surface area contributed by atoms with E-state index >= 15 is 0 Å². The van der Waals surface area contributed by atoms with E-state index in [0.29, 0.717) is 17.8 Å². The van der Waals surface area contributed by atoms with Crippen molar-refractivity contribution >= 4 is 12.1 Å². The largest absolute Gasteiger partial charge is 0.470 e. The molecule has 2 saturated carbocycles. The molecule has 2 aromatic heterocycles. The van der Waals surface area contributed by atoms with Crippen LogP contribution in [-0.4, -0.2) is 23.3 Å². The minimum absolute atomic E-state index is 0.0359. The molecule has 1 N–H and O–H groups in total. The summed E-state index contributed by atoms with van der Waals surface area (Å²) in [5.74, 6) is 1.81. The van der Waals surface area contributed by atoms with Gasteiger partial charge >= 0.3 is 0 Å². The van der Waals surface area contributed by atoms with Crippen molar-refractivity contribution in [1.29, 1.82) is 0 Å². The fourth-order valence-electron chi connectivity index (χ4n) is 2.75. The fraction of sp³-hybridized carbons (Fsp3) is 0.545. The van der Waals surface area contributed by atoms with E-state index in [4.69, 9.17) is 9.52 Å². The number of aliphatic hydroxyl groups is 1. The number of aliphatic hydroxyl groups excluding tert-OH is 1. The second-order valence-electron chi connectivity index (χ2n) is 6.75. The lowest BCUT2D eigenvalue weighted by Crippen LogP contribution is -2.09. The number of Topliss-reactive ketones (excluding diaryl/α,β-unsaturated/α-hetero) is 1. The monoisotopic (exact) mass is 376 g/mol. The molecule has 0 saturated heterocycles. The van der Waals surface area contributed by atoms with Crippen molar-refractivity contribution in [3.05, 3.63) is 48.3 Å². The lowest BCUT2D eigenvalue weighted by molar-refractivity contribution is -0.120. The zero-order chi connectivity index (χ0) is 19.7. The van der Waals surface area contributed by atoms with Crippen LogP contribution in [0, 0.1) is 6.92 Å². The summed E-state index contributed by atoms with van der Waals surface area (Å²) in [4.78, 5) is 20.2. The predicted molar refractivity (Wildman–Crippen MR) is 105 cm³/mol. The molecule has 0 aromatic carbocycles. The van der Waals surface area contributed by atoms with Gasteiger partial charge in [0.25, 0.3) is 0 Å². The van der Waals surface area contributed by atoms with Crippen LogP contribution >= 0.6 is 0 Å². The molecule has 0 aliphatic heterocycles. The van der Waals surface area contributed by atoms with Gasteiger partial charge < -0.3 is 13.9 Å². The third-order valence-corrected chi connectivity index (χ3v) is 4.31. The maximum absolute atomic E-state index is 10.5. The van der Waals surface area contributed by atoms with Crippen molar-refractivity contribution < 1.29 is 23.5 Å². The quantitative estimate of drug-likeness (QED) is 0.664. The maximum atomic E-state index is 10.5. The van der Waals surface area contributed by atoms with E-state index < -0.39 is 0 Å². The van der Waals surface area contributed by atoms with Crippen LogP contribution in [-0.2, 0) is 4.79 Å². The van der Waals surface area contributed by atoms with Gasteiger partial charge in [0.1, 0.15) is 11.5 Å². The Morgan fingerprint density at radius 1 is 0.926 bits per heavy atom. The van der Waals surface area contributed by atoms with Gasteiger partial charge in [-0.25, -0.2) is 0 Å². The average molecular weight is 376 g/mol. The van der Waals surface area contributed by atoms with Crippen LogP contribution in [0.15, 0.2) is 45.6 Å². The van der Waals surface area contributed by atoms with Gasteiger partial charge in [-0.2, -0.15) is 0 Å². The highest BCUT2D eigenvalue weighted by Crippen LogP contribution is 2.16. The van der Waals surface area contributed by atoms with Crippen LogP contribution < -0.4 is 0 Å². The Bertz CT molecular complexity index is 572. The molecule has 4 rings (SSSR count). The number of carbonyl (C=O) groups excluding carboxylic acids is 2. The van der Waals surface area contributed by atoms with Gasteiger partial charge in [-0.05, 0) is 56.9 Å². The number of aryl methyl sites for hydroxylation is 1. The lowest BCUT2D eigenvalue weighted by Gasteiger charge is -2.14. The summed E-state index contributed by atoms with van der Waals surface area (Å²) >= 11 is 0. The summed E-state index contributed by atoms with van der Waals surface area (Å²) < 4.78 is 9.45. The second-order valence-corrected chi connectivity index (χ2v) is 6.75. The molecule has 27 heavy (non-hydrogen) atoms. The second kappa shape index (κ2) is 15.0. The van der Waals surface area contributed by atoms with Crippen LogP contribution in [0.25, 0.3) is 0 Å². The Kier molecular flexibility index (Phi) is 12.7. The first-order valence-electron chi connectivity index (χ1n) is 9.80. The van der Waals surface area contributed by atoms with Crippen LogP contribution in [0.2, 0.25) is 0 Å². The van der Waals surface area contributed by atoms with Gasteiger partial charge in [-0.3, -0.25) is 9.59 Å². The van der Waals surface area contributed by atoms with Gasteiger partial charge in [-0.1, -0.05) is 25.7 Å². The van der Waals surface area contributed by atoms with Crippen molar-refractivity contribution in [3.8, 4) is 0 Å². The van der Waals surface area contributed by atoms with Crippen LogP contribution in [0.1, 0.15) is 80.5 Å². The highest BCUT2D eigenvalue weighted by Gasteiger charge is 2.07. The first-order chi connectivity index (χ1) is 13.1. The first-order valence-corrected chi connectivity index (χ1v) is 9.80. The van der Waals surface area contributed by atoms with E-state index in [1.165, 1.54) is 31.9 Å². The van der Waals surface area contributed by atoms with Crippen LogP contribution in [0.4, 0.5) is 0 Å². The first kappa shape index (κ1) is 22.9. The molecule has 2 fully saturated rings. The van der Waals surface area contributed by atoms with E-state index in [9.17, 15) is 9.59 Å². The summed E-state index contributed by atoms with van der Waals surface area (Å²) in [6.07, 6.45) is 15.0. The Morgan fingerprint density at radius 2 is 1.52 bits per heavy atom. The zero-order valence-electron chi connectivity index (χ0n) is 16.3. The molecule has 5 heteroatoms. The van der Waals surface area contributed by atoms with Crippen molar-refractivity contribution in [2.45, 2.75) is 77.2 Å². The highest BCUT2D eigenvalue weighted by molar-refractivity contribution is 5.78. The Hall–Kier alpha value is -2.14. The van der Waals surface area contributed by atoms with Crippen LogP contribution in [0.5, 0.6) is 0 Å². The zero-order valence-corrected chi connectivity index (χ0v) is 16.3. The summed E-state index contributed by atoms with van der Waals surface area (Å²) in [6, 6.07) is 7.06. The third-order valence-electron chi connectivity index (χ3n) is 4.31. The highest BCUT2D eigenvalue weighted by atomic mass is 16.3. The fourth-order valence-corrected chi connectivity index (χ4v) is 2.75. The summed E-state index contributed by atoms with van der Waals surface area (Å²) in [5.41, 5.74) is 0. The van der Waals surface area contributed by atoms with E-state index in [-0.39, 0.29) is 6.10 Å². The van der Waals surface area contributed by atoms with E-state index in [1.807, 2.05) is 19.1 Å². The summed E-state index contributed by atoms with van der Waals surface area (Å²) in [7, 11) is 0. The average Bonchev–Trinajstić information content (AvgIpc) is 3.38. The number of ketones is 1. The molecule has 2 aliphatic rings. The summed E-state index contributed by atoms with van der Waals surface area (Å²) in [6.45, 7) is 1.92. The van der Waals surface area contributed by atoms with Crippen LogP contribution in [0.3, 0.4) is 0 Å². The van der Waals surface area contributed by atoms with Crippen molar-refractivity contribution in [1.82, 2.24) is 0 Å². The Labute approximate surface area is 161 Å². The molecule has 0 amide bonds. The standard InChI is InChI=1S/C6H12O.C6H10O.C5H4O2.C5H6O/c2*7-6-4-2-1-3-5-6;6-4-5-2-1-3-7-5;1-5-3-2-4-6-5/h6-7H,1-5H2;1-5H2;1-4H;2-4H,1H3. The number of aldehydes is 1. The predicted octanol–water partition coefficient (Wildman–Crippen LogP) is 5.51. The van der Waals surface area contributed by atoms with Gasteiger partial charge in [-0.15, -0.1) is 0 Å². The molecule has 0 radical (unpaired) electrons. The van der Waals surface area contributed by atoms with Gasteiger partial charge in [0, 0.05) is 12.8 Å². The molecule has 2 aromatic rings. The molecule has 2 heterocycles. The molecule has 2 aliphatic carbocycles. The van der Waals surface area contributed by atoms with Crippen molar-refractivity contribution in [3.63, 3.8) is 0 Å². The minimum Gasteiger partial charge on any atom is -0.470 e. The van der Waals surface area contributed by atoms with Crippen molar-refractivity contribution in [2.24, 2.45) is 0 Å². The molecule has 0 bridgehead atoms. The molecular formula is C22H32O5. The molecule has 0 unspecified atom stereocenters. The minimum atomic E-state index is 0.0359. The lowest BCUT2D eigenvalue weighted by atomic mass is 9.98. The van der Waals surface area contributed by atoms with Gasteiger partial charge in [0.05, 0.1) is 18.6 Å². The molecule has 150 valence electrons. The Morgan fingerprint density at radius 3 is 1.78 bits per heavy atom. The Balaban J connectivity index is 0.000000180. The number of furan rings is 2. The normalized spacial score (nSPS) is 16.6. The van der Waals surface area contributed by atoms with E-state index in [1.54, 1.807) is 18.4 Å².